The number of halogens is 3. The normalized spacial score (nSPS) is 15.2. The molecule has 2 aliphatic rings. The Bertz CT molecular complexity index is 5070. The number of carbonyl (C=O) groups is 14. The molecule has 5 amide bonds. The van der Waals surface area contributed by atoms with Crippen LogP contribution in [-0.4, -0.2) is 181 Å². The van der Waals surface area contributed by atoms with Crippen LogP contribution in [0.3, 0.4) is 0 Å². The summed E-state index contributed by atoms with van der Waals surface area (Å²) in [5.74, 6) is -9.93. The van der Waals surface area contributed by atoms with Gasteiger partial charge in [-0.1, -0.05) is 224 Å². The number of amides is 5. The number of benzene rings is 6. The first kappa shape index (κ1) is 136. The van der Waals surface area contributed by atoms with E-state index in [2.05, 4.69) is 55.4 Å². The van der Waals surface area contributed by atoms with Gasteiger partial charge in [-0.3, -0.25) is 62.3 Å². The maximum atomic E-state index is 13.0. The fourth-order valence-electron chi connectivity index (χ4n) is 13.2. The van der Waals surface area contributed by atoms with E-state index in [1.165, 1.54) is 6.08 Å². The molecule has 5 unspecified atom stereocenters. The van der Waals surface area contributed by atoms with Crippen LogP contribution < -0.4 is 27.4 Å². The van der Waals surface area contributed by atoms with Crippen molar-refractivity contribution in [3.05, 3.63) is 302 Å². The molecule has 0 aliphatic carbocycles. The standard InChI is InChI=1S/C24H33NO5.C21H27NO5.C19H27NO4.C18H21NO5.C11H18O4.C8H11NO.C7H8ClN.C5H8O2.CH2Cl2/c1-6-8-15-21(26)29-20(18-13-10-9-11-14-18)17-25-23(28)19(12-7-2)16-22(27)30-24(3,4)5;1-5-9-16(13-18(23)27-21(2,3)4)19(24)22-17(14-26-20(22)25)12-15-10-7-6-8-11-15;1-5-9-15(12-17(22)24-19(2,3)4)18(23)20-13-16(21)14-10-7-6-8-11-14;20-16(21)11-14-9-5-2-6-10-17(22)24-15(12-19-18(14)23)13-7-3-1-4-8-13;1-5-6-8(10(13)14)7-9(12)15-11(2,3)4;9-8(6-10)7-4-2-1-3-5-7;8-7-3-1-6(5-9)2-4-7;1-2-3-4-5(6)7;2-1-3/h6-7,9-11,13-14,19-20H,1-2,8,12,15-17H2,3-5H3,(H,25,28);5-8,10-11,16-17H,1,9,12-14H2,2-4H3;5-8,10-11,15-16,21H,1,9,12-13H2,2-4H3,(H,20,23);1-5,7-8,14-15H,6,9-12H2,(H,19,23)(H,20,21);5,8H,1,6-7H2,2-4H3,(H,13,14);1-5,8,10H,6,9H2;1-4H,5,9H2;2H,1,3-4H2,(H,6,7);1H2/b;;;5-2+;;;;;/t19-,20?;16-,17?;15-,16?;14-,15?;8-;;;;/m00000..../s1. The molecular formula is C114H155Cl3N6O26. The van der Waals surface area contributed by atoms with Gasteiger partial charge in [0.15, 0.2) is 0 Å². The third kappa shape index (κ3) is 66.7. The number of carboxylic acid groups (broad SMARTS) is 3. The number of nitrogens with one attached hydrogen (secondary N) is 3. The van der Waals surface area contributed by atoms with Crippen LogP contribution in [-0.2, 0) is 108 Å². The zero-order chi connectivity index (χ0) is 113. The van der Waals surface area contributed by atoms with Gasteiger partial charge in [-0.25, -0.2) is 9.69 Å². The number of hydrogen-bond acceptors (Lipinski definition) is 25. The number of aliphatic hydroxyl groups excluding tert-OH is 2. The van der Waals surface area contributed by atoms with Crippen molar-refractivity contribution in [2.45, 2.75) is 252 Å². The van der Waals surface area contributed by atoms with Gasteiger partial charge in [0.2, 0.25) is 23.6 Å². The van der Waals surface area contributed by atoms with Gasteiger partial charge in [0.05, 0.1) is 105 Å². The first-order valence-electron chi connectivity index (χ1n) is 48.7. The summed E-state index contributed by atoms with van der Waals surface area (Å²) in [6.45, 7) is 43.6. The highest BCUT2D eigenvalue weighted by Gasteiger charge is 2.42. The number of allylic oxidation sites excluding steroid dienone is 8. The monoisotopic (exact) mass is 2130 g/mol. The van der Waals surface area contributed by atoms with Crippen LogP contribution in [0.15, 0.2) is 264 Å². The molecule has 149 heavy (non-hydrogen) atoms. The summed E-state index contributed by atoms with van der Waals surface area (Å²) in [6.07, 6.45) is 14.2. The fraction of sp³-hybridized carbons (Fsp3) is 0.439. The number of hydrogen-bond donors (Lipinski definition) is 10. The SMILES string of the molecule is C=CCCC(=O)O.C=CCCC(=O)OC(CNC(=O)[C@@H](CC=C)CC(=O)OC(C)(C)C)c1ccccc1.C=CC[C@@H](CC(=O)OC(C)(C)C)C(=O)N1C(=O)OCC1Cc1ccccc1.C=CC[C@@H](CC(=O)OC(C)(C)C)C(=O)NCC(O)c1ccccc1.C=CC[C@@H](CC(=O)OC(C)(C)C)C(=O)O.ClCCl.NC(CO)c1ccccc1.NCc1ccc(Cl)cc1.O=C(O)C[C@@H]1C/C=C/CCC(=O)OC(c2ccccc2)CNC1=O. The molecule has 2 heterocycles. The highest BCUT2D eigenvalue weighted by Crippen LogP contribution is 2.28. The Morgan fingerprint density at radius 3 is 1.34 bits per heavy atom. The van der Waals surface area contributed by atoms with Gasteiger partial charge in [0.1, 0.15) is 41.2 Å². The summed E-state index contributed by atoms with van der Waals surface area (Å²) in [5, 5.41) is 53.7. The summed E-state index contributed by atoms with van der Waals surface area (Å²) in [6, 6.07) is 53.5. The van der Waals surface area contributed by atoms with E-state index in [-0.39, 0.29) is 138 Å². The molecule has 1 fully saturated rings. The average Bonchev–Trinajstić information content (AvgIpc) is 1.67. The second-order valence-electron chi connectivity index (χ2n) is 37.7. The van der Waals surface area contributed by atoms with Crippen molar-refractivity contribution in [3.63, 3.8) is 0 Å². The van der Waals surface area contributed by atoms with Crippen LogP contribution in [0, 0.1) is 29.6 Å². The Hall–Kier alpha value is -13.2. The van der Waals surface area contributed by atoms with Gasteiger partial charge in [-0.05, 0) is 186 Å². The van der Waals surface area contributed by atoms with Crippen molar-refractivity contribution >= 4 is 118 Å². The molecule has 6 aromatic carbocycles. The smallest absolute Gasteiger partial charge is 0.416 e. The summed E-state index contributed by atoms with van der Waals surface area (Å²) >= 11 is 15.2. The average molecular weight is 2130 g/mol. The van der Waals surface area contributed by atoms with Crippen molar-refractivity contribution in [2.75, 3.05) is 38.2 Å². The molecule has 0 saturated carbocycles. The number of imide groups is 1. The van der Waals surface area contributed by atoms with Crippen LogP contribution in [0.1, 0.15) is 244 Å². The number of rotatable bonds is 41. The predicted molar refractivity (Wildman–Crippen MR) is 577 cm³/mol. The third-order valence-corrected chi connectivity index (χ3v) is 20.4. The maximum absolute atomic E-state index is 13.0. The van der Waals surface area contributed by atoms with Crippen LogP contribution in [0.2, 0.25) is 5.02 Å². The lowest BCUT2D eigenvalue weighted by Crippen LogP contribution is -2.44. The predicted octanol–water partition coefficient (Wildman–Crippen LogP) is 19.7. The summed E-state index contributed by atoms with van der Waals surface area (Å²) in [5.41, 5.74) is 13.9. The lowest BCUT2D eigenvalue weighted by molar-refractivity contribution is -0.159. The molecule has 818 valence electrons. The molecule has 1 saturated heterocycles. The van der Waals surface area contributed by atoms with E-state index in [9.17, 15) is 72.2 Å². The number of aliphatic carboxylic acids is 3. The number of nitrogens with two attached hydrogens (primary N) is 2. The third-order valence-electron chi connectivity index (χ3n) is 20.1. The van der Waals surface area contributed by atoms with E-state index in [0.717, 1.165) is 43.3 Å². The largest absolute Gasteiger partial charge is 0.481 e. The molecule has 2 aliphatic heterocycles. The highest BCUT2D eigenvalue weighted by molar-refractivity contribution is 6.40. The van der Waals surface area contributed by atoms with Crippen molar-refractivity contribution < 1.29 is 126 Å². The molecular weight excluding hydrogens is 1980 g/mol. The lowest BCUT2D eigenvalue weighted by atomic mass is 9.97. The first-order valence-corrected chi connectivity index (χ1v) is 50.1. The van der Waals surface area contributed by atoms with Gasteiger partial charge in [-0.15, -0.1) is 62.7 Å². The molecule has 6 aromatic rings. The maximum Gasteiger partial charge on any atom is 0.416 e. The van der Waals surface area contributed by atoms with Crippen LogP contribution >= 0.6 is 34.8 Å². The van der Waals surface area contributed by atoms with E-state index >= 15 is 0 Å². The minimum Gasteiger partial charge on any atom is -0.481 e. The van der Waals surface area contributed by atoms with Crippen LogP contribution in [0.25, 0.3) is 0 Å². The fourth-order valence-corrected chi connectivity index (χ4v) is 13.3. The Balaban J connectivity index is 0.00000173. The number of alkyl halides is 2. The molecule has 10 atom stereocenters. The van der Waals surface area contributed by atoms with E-state index in [1.54, 1.807) is 138 Å². The van der Waals surface area contributed by atoms with Crippen LogP contribution in [0.4, 0.5) is 4.79 Å². The highest BCUT2D eigenvalue weighted by atomic mass is 35.5. The van der Waals surface area contributed by atoms with Gasteiger partial charge in [0.25, 0.3) is 0 Å². The Labute approximate surface area is 892 Å². The van der Waals surface area contributed by atoms with Gasteiger partial charge in [0, 0.05) is 37.4 Å². The van der Waals surface area contributed by atoms with E-state index < -0.39 is 130 Å². The second-order valence-corrected chi connectivity index (χ2v) is 38.9. The topological polar surface area (TPSA) is 496 Å². The molecule has 35 heteroatoms. The van der Waals surface area contributed by atoms with E-state index in [0.29, 0.717) is 51.5 Å². The zero-order valence-corrected chi connectivity index (χ0v) is 90.2. The number of nitrogens with zero attached hydrogens (tertiary/aromatic N) is 1. The number of carbonyl (C=O) groups excluding carboxylic acids is 11. The van der Waals surface area contributed by atoms with Gasteiger partial charge < -0.3 is 86.1 Å². The number of aliphatic hydroxyl groups is 2. The van der Waals surface area contributed by atoms with Gasteiger partial charge in [-0.2, -0.15) is 0 Å². The van der Waals surface area contributed by atoms with E-state index in [1.807, 2.05) is 164 Å². The second kappa shape index (κ2) is 76.3. The minimum atomic E-state index is -1.01. The molecule has 12 N–H and O–H groups in total. The van der Waals surface area contributed by atoms with Crippen molar-refractivity contribution in [1.29, 1.82) is 0 Å². The van der Waals surface area contributed by atoms with Crippen molar-refractivity contribution in [2.24, 2.45) is 41.1 Å². The molecule has 0 spiro atoms. The Morgan fingerprint density at radius 2 is 0.926 bits per heavy atom. The number of ether oxygens (including phenoxy) is 7. The summed E-state index contributed by atoms with van der Waals surface area (Å²) in [7, 11) is 0. The number of carboxylic acids is 3. The zero-order valence-electron chi connectivity index (χ0n) is 87.9. The summed E-state index contributed by atoms with van der Waals surface area (Å²) < 4.78 is 37.1. The Kier molecular flexibility index (Phi) is 69.6. The number of cyclic esters (lactones) is 2. The van der Waals surface area contributed by atoms with E-state index in [4.69, 9.17) is 99.9 Å². The van der Waals surface area contributed by atoms with Crippen LogP contribution in [0.5, 0.6) is 0 Å². The molecule has 8 rings (SSSR count). The molecule has 0 aromatic heterocycles. The lowest BCUT2D eigenvalue weighted by Gasteiger charge is -2.25. The summed E-state index contributed by atoms with van der Waals surface area (Å²) in [4.78, 5) is 167. The number of esters is 6. The minimum absolute atomic E-state index is 0.00398. The molecule has 0 bridgehead atoms. The molecule has 32 nitrogen and oxygen atoms in total. The van der Waals surface area contributed by atoms with Gasteiger partial charge >= 0.3 is 59.8 Å². The van der Waals surface area contributed by atoms with Crippen molar-refractivity contribution in [1.82, 2.24) is 20.9 Å². The quantitative estimate of drug-likeness (QED) is 0.00737. The molecule has 0 radical (unpaired) electrons. The Morgan fingerprint density at radius 1 is 0.517 bits per heavy atom. The van der Waals surface area contributed by atoms with Crippen molar-refractivity contribution in [3.8, 4) is 0 Å². The first-order chi connectivity index (χ1) is 70.3.